The van der Waals surface area contributed by atoms with E-state index in [0.29, 0.717) is 5.69 Å². The Hall–Kier alpha value is -2.30. The van der Waals surface area contributed by atoms with Crippen molar-refractivity contribution in [2.45, 2.75) is 18.8 Å². The molecule has 1 fully saturated rings. The zero-order chi connectivity index (χ0) is 12.7. The molecule has 0 atom stereocenters. The SMILES string of the molecule is O=C(O)c1cnn(-c2cccc(O)c2)c1C1CC1. The van der Waals surface area contributed by atoms with E-state index in [9.17, 15) is 9.90 Å². The zero-order valence-electron chi connectivity index (χ0n) is 9.58. The van der Waals surface area contributed by atoms with E-state index < -0.39 is 5.97 Å². The molecule has 1 aromatic carbocycles. The maximum Gasteiger partial charge on any atom is 0.339 e. The maximum absolute atomic E-state index is 11.2. The van der Waals surface area contributed by atoms with E-state index in [1.54, 1.807) is 28.9 Å². The molecule has 2 N–H and O–H groups in total. The van der Waals surface area contributed by atoms with Gasteiger partial charge in [0.2, 0.25) is 0 Å². The van der Waals surface area contributed by atoms with Crippen LogP contribution in [0.2, 0.25) is 0 Å². The summed E-state index contributed by atoms with van der Waals surface area (Å²) in [6, 6.07) is 6.65. The first-order chi connectivity index (χ1) is 8.66. The van der Waals surface area contributed by atoms with Crippen LogP contribution in [0.5, 0.6) is 5.75 Å². The van der Waals surface area contributed by atoms with E-state index >= 15 is 0 Å². The number of phenolic OH excluding ortho intramolecular Hbond substituents is 1. The summed E-state index contributed by atoms with van der Waals surface area (Å²) in [4.78, 5) is 11.2. The number of aromatic nitrogens is 2. The maximum atomic E-state index is 11.2. The van der Waals surface area contributed by atoms with Crippen LogP contribution in [0, 0.1) is 0 Å². The second-order valence-electron chi connectivity index (χ2n) is 4.45. The topological polar surface area (TPSA) is 75.3 Å². The Morgan fingerprint density at radius 3 is 2.78 bits per heavy atom. The lowest BCUT2D eigenvalue weighted by Gasteiger charge is -2.07. The first-order valence-electron chi connectivity index (χ1n) is 5.77. The lowest BCUT2D eigenvalue weighted by atomic mass is 10.1. The summed E-state index contributed by atoms with van der Waals surface area (Å²) in [5.41, 5.74) is 1.67. The van der Waals surface area contributed by atoms with Crippen molar-refractivity contribution in [3.63, 3.8) is 0 Å². The van der Waals surface area contributed by atoms with E-state index in [-0.39, 0.29) is 17.2 Å². The molecule has 0 aliphatic heterocycles. The second-order valence-corrected chi connectivity index (χ2v) is 4.45. The molecule has 3 rings (SSSR count). The van der Waals surface area contributed by atoms with Crippen LogP contribution in [0.15, 0.2) is 30.5 Å². The van der Waals surface area contributed by atoms with E-state index in [1.165, 1.54) is 6.20 Å². The third-order valence-corrected chi connectivity index (χ3v) is 3.08. The monoisotopic (exact) mass is 244 g/mol. The molecule has 1 aliphatic rings. The highest BCUT2D eigenvalue weighted by atomic mass is 16.4. The fourth-order valence-corrected chi connectivity index (χ4v) is 2.10. The molecule has 2 aromatic rings. The van der Waals surface area contributed by atoms with Crippen molar-refractivity contribution >= 4 is 5.97 Å². The van der Waals surface area contributed by atoms with Crippen LogP contribution in [0.4, 0.5) is 0 Å². The fourth-order valence-electron chi connectivity index (χ4n) is 2.10. The minimum absolute atomic E-state index is 0.140. The van der Waals surface area contributed by atoms with Gasteiger partial charge < -0.3 is 10.2 Å². The van der Waals surface area contributed by atoms with Crippen LogP contribution < -0.4 is 0 Å². The van der Waals surface area contributed by atoms with Crippen LogP contribution in [0.1, 0.15) is 34.8 Å². The molecule has 5 heteroatoms. The van der Waals surface area contributed by atoms with Gasteiger partial charge in [-0.2, -0.15) is 5.10 Å². The molecule has 5 nitrogen and oxygen atoms in total. The number of benzene rings is 1. The summed E-state index contributed by atoms with van der Waals surface area (Å²) in [6.45, 7) is 0. The highest BCUT2D eigenvalue weighted by Gasteiger charge is 2.32. The molecule has 0 unspecified atom stereocenters. The molecule has 1 aliphatic carbocycles. The van der Waals surface area contributed by atoms with Crippen molar-refractivity contribution in [3.8, 4) is 11.4 Å². The van der Waals surface area contributed by atoms with Crippen LogP contribution in [-0.2, 0) is 0 Å². The first-order valence-corrected chi connectivity index (χ1v) is 5.77. The molecule has 0 bridgehead atoms. The summed E-state index contributed by atoms with van der Waals surface area (Å²) >= 11 is 0. The fraction of sp³-hybridized carbons (Fsp3) is 0.231. The van der Waals surface area contributed by atoms with Crippen LogP contribution >= 0.6 is 0 Å². The lowest BCUT2D eigenvalue weighted by molar-refractivity contribution is 0.0695. The molecule has 0 saturated heterocycles. The number of carbonyl (C=O) groups is 1. The van der Waals surface area contributed by atoms with Crippen LogP contribution in [0.25, 0.3) is 5.69 Å². The van der Waals surface area contributed by atoms with Gasteiger partial charge in [0, 0.05) is 12.0 Å². The number of aromatic hydroxyl groups is 1. The molecule has 1 aromatic heterocycles. The van der Waals surface area contributed by atoms with Gasteiger partial charge in [0.1, 0.15) is 11.3 Å². The van der Waals surface area contributed by atoms with Gasteiger partial charge >= 0.3 is 5.97 Å². The normalized spacial score (nSPS) is 14.7. The Labute approximate surface area is 103 Å². The third kappa shape index (κ3) is 1.73. The van der Waals surface area contributed by atoms with Crippen molar-refractivity contribution in [2.24, 2.45) is 0 Å². The number of nitrogens with zero attached hydrogens (tertiary/aromatic N) is 2. The number of aromatic carboxylic acids is 1. The first kappa shape index (κ1) is 10.8. The quantitative estimate of drug-likeness (QED) is 0.867. The molecular weight excluding hydrogens is 232 g/mol. The Bertz CT molecular complexity index is 614. The lowest BCUT2D eigenvalue weighted by Crippen LogP contribution is -2.05. The molecular formula is C13H12N2O3. The van der Waals surface area contributed by atoms with Gasteiger partial charge in [0.15, 0.2) is 0 Å². The van der Waals surface area contributed by atoms with E-state index in [0.717, 1.165) is 18.5 Å². The summed E-state index contributed by atoms with van der Waals surface area (Å²) < 4.78 is 1.61. The Balaban J connectivity index is 2.15. The van der Waals surface area contributed by atoms with E-state index in [4.69, 9.17) is 5.11 Å². The molecule has 0 amide bonds. The molecule has 1 saturated carbocycles. The van der Waals surface area contributed by atoms with E-state index in [2.05, 4.69) is 5.10 Å². The van der Waals surface area contributed by atoms with Gasteiger partial charge in [-0.3, -0.25) is 0 Å². The molecule has 0 radical (unpaired) electrons. The van der Waals surface area contributed by atoms with Crippen molar-refractivity contribution in [1.82, 2.24) is 9.78 Å². The minimum atomic E-state index is -0.955. The van der Waals surface area contributed by atoms with Gasteiger partial charge in [-0.15, -0.1) is 0 Å². The average Bonchev–Trinajstić information content (AvgIpc) is 3.07. The van der Waals surface area contributed by atoms with Gasteiger partial charge in [0.05, 0.1) is 17.6 Å². The Kier molecular flexibility index (Phi) is 2.33. The van der Waals surface area contributed by atoms with Crippen molar-refractivity contribution in [1.29, 1.82) is 0 Å². The number of carboxylic acids is 1. The molecule has 0 spiro atoms. The summed E-state index contributed by atoms with van der Waals surface area (Å²) in [5, 5.41) is 22.8. The number of hydrogen-bond donors (Lipinski definition) is 2. The average molecular weight is 244 g/mol. The minimum Gasteiger partial charge on any atom is -0.508 e. The standard InChI is InChI=1S/C13H12N2O3/c16-10-3-1-2-9(6-10)15-12(8-4-5-8)11(7-14-15)13(17)18/h1-3,6-8,16H,4-5H2,(H,17,18). The second kappa shape index (κ2) is 3.87. The Morgan fingerprint density at radius 1 is 1.39 bits per heavy atom. The van der Waals surface area contributed by atoms with Crippen molar-refractivity contribution in [3.05, 3.63) is 41.7 Å². The van der Waals surface area contributed by atoms with Crippen molar-refractivity contribution < 1.29 is 15.0 Å². The molecule has 1 heterocycles. The zero-order valence-corrected chi connectivity index (χ0v) is 9.58. The van der Waals surface area contributed by atoms with Crippen LogP contribution in [-0.4, -0.2) is 26.0 Å². The highest BCUT2D eigenvalue weighted by Crippen LogP contribution is 2.42. The third-order valence-electron chi connectivity index (χ3n) is 3.08. The summed E-state index contributed by atoms with van der Waals surface area (Å²) in [5.74, 6) is -0.550. The van der Waals surface area contributed by atoms with Gasteiger partial charge in [0.25, 0.3) is 0 Å². The number of carboxylic acid groups (broad SMARTS) is 1. The van der Waals surface area contributed by atoms with Crippen LogP contribution in [0.3, 0.4) is 0 Å². The predicted molar refractivity (Wildman–Crippen MR) is 64.2 cm³/mol. The highest BCUT2D eigenvalue weighted by molar-refractivity contribution is 5.89. The largest absolute Gasteiger partial charge is 0.508 e. The smallest absolute Gasteiger partial charge is 0.339 e. The number of hydrogen-bond acceptors (Lipinski definition) is 3. The van der Waals surface area contributed by atoms with Crippen molar-refractivity contribution in [2.75, 3.05) is 0 Å². The van der Waals surface area contributed by atoms with Gasteiger partial charge in [-0.05, 0) is 25.0 Å². The predicted octanol–water partition coefficient (Wildman–Crippen LogP) is 2.15. The Morgan fingerprint density at radius 2 is 2.17 bits per heavy atom. The summed E-state index contributed by atoms with van der Waals surface area (Å²) in [7, 11) is 0. The van der Waals surface area contributed by atoms with Gasteiger partial charge in [-0.1, -0.05) is 6.07 Å². The summed E-state index contributed by atoms with van der Waals surface area (Å²) in [6.07, 6.45) is 3.36. The van der Waals surface area contributed by atoms with E-state index in [1.807, 2.05) is 0 Å². The molecule has 18 heavy (non-hydrogen) atoms. The van der Waals surface area contributed by atoms with Gasteiger partial charge in [-0.25, -0.2) is 9.48 Å². The molecule has 92 valence electrons. The number of phenols is 1. The number of rotatable bonds is 3.